The molecule has 0 saturated carbocycles. The molecule has 0 spiro atoms. The minimum absolute atomic E-state index is 0.136. The van der Waals surface area contributed by atoms with Crippen LogP contribution in [0, 0.1) is 0 Å². The first-order valence-corrected chi connectivity index (χ1v) is 30.3. The van der Waals surface area contributed by atoms with Crippen LogP contribution in [-0.4, -0.2) is 82.3 Å². The zero-order chi connectivity index (χ0) is 56.2. The highest BCUT2D eigenvalue weighted by molar-refractivity contribution is 5.70. The van der Waals surface area contributed by atoms with Crippen molar-refractivity contribution in [1.82, 2.24) is 0 Å². The third kappa shape index (κ3) is 58.9. The zero-order valence-electron chi connectivity index (χ0n) is 49.5. The topological polar surface area (TPSA) is 111 Å². The highest BCUT2D eigenvalue weighted by Gasteiger charge is 2.22. The highest BCUT2D eigenvalue weighted by atomic mass is 16.7. The fraction of sp³-hybridized carbons (Fsp3) is 0.632. The summed E-state index contributed by atoms with van der Waals surface area (Å²) in [7, 11) is 5.91. The molecule has 77 heavy (non-hydrogen) atoms. The molecule has 436 valence electrons. The first-order chi connectivity index (χ1) is 37.6. The van der Waals surface area contributed by atoms with Crippen LogP contribution >= 0.6 is 0 Å². The van der Waals surface area contributed by atoms with Crippen molar-refractivity contribution in [3.63, 3.8) is 0 Å². The standard InChI is InChI=1S/C68H111NO8/c1-6-8-10-12-14-16-18-20-22-24-26-28-30-32-33-35-37-39-41-43-45-47-49-51-53-55-57-59-66(71)77-64(63-76-68(67(72)73)74-61-60-69(3,4)5)62-75-65(70)58-56-54-52-50-48-46-44-42-40-38-36-34-31-29-27-25-23-21-19-17-15-13-11-9-7-2/h8-11,14-17,20-23,26-29,32-33,37,39,43,45,64,68H,6-7,12-13,18-19,24-25,30-31,34-36,38,40-42,44,46-63H2,1-5H3/b10-8-,11-9-,16-14-,17-15-,22-20-,23-21-,28-26-,29-27-,33-32-,39-37-,45-43-. The van der Waals surface area contributed by atoms with E-state index in [4.69, 9.17) is 18.9 Å². The van der Waals surface area contributed by atoms with Crippen molar-refractivity contribution in [2.24, 2.45) is 0 Å². The third-order valence-corrected chi connectivity index (χ3v) is 12.4. The number of carboxylic acid groups (broad SMARTS) is 1. The fourth-order valence-electron chi connectivity index (χ4n) is 7.80. The Morgan fingerprint density at radius 1 is 0.390 bits per heavy atom. The lowest BCUT2D eigenvalue weighted by Crippen LogP contribution is -2.44. The van der Waals surface area contributed by atoms with Gasteiger partial charge in [0.2, 0.25) is 0 Å². The van der Waals surface area contributed by atoms with Crippen LogP contribution in [-0.2, 0) is 33.3 Å². The van der Waals surface area contributed by atoms with E-state index < -0.39 is 24.3 Å². The number of ether oxygens (including phenoxy) is 4. The number of aliphatic carboxylic acids is 1. The minimum Gasteiger partial charge on any atom is -0.545 e. The van der Waals surface area contributed by atoms with Gasteiger partial charge in [0, 0.05) is 12.8 Å². The van der Waals surface area contributed by atoms with Gasteiger partial charge in [-0.05, 0) is 109 Å². The number of hydrogen-bond acceptors (Lipinski definition) is 8. The summed E-state index contributed by atoms with van der Waals surface area (Å²) < 4.78 is 22.7. The second kappa shape index (κ2) is 57.6. The van der Waals surface area contributed by atoms with Gasteiger partial charge in [-0.15, -0.1) is 0 Å². The van der Waals surface area contributed by atoms with Crippen molar-refractivity contribution >= 4 is 17.9 Å². The monoisotopic (exact) mass is 1070 g/mol. The van der Waals surface area contributed by atoms with Gasteiger partial charge in [-0.1, -0.05) is 231 Å². The number of carbonyl (C=O) groups excluding carboxylic acids is 3. The smallest absolute Gasteiger partial charge is 0.306 e. The van der Waals surface area contributed by atoms with Crippen molar-refractivity contribution in [3.8, 4) is 0 Å². The van der Waals surface area contributed by atoms with Crippen molar-refractivity contribution in [1.29, 1.82) is 0 Å². The molecule has 0 aromatic carbocycles. The van der Waals surface area contributed by atoms with E-state index in [2.05, 4.69) is 148 Å². The molecule has 0 aromatic heterocycles. The summed E-state index contributed by atoms with van der Waals surface area (Å²) in [5, 5.41) is 11.8. The molecule has 0 heterocycles. The second-order valence-electron chi connectivity index (χ2n) is 20.9. The molecule has 0 saturated heterocycles. The van der Waals surface area contributed by atoms with Gasteiger partial charge in [-0.25, -0.2) is 0 Å². The van der Waals surface area contributed by atoms with Gasteiger partial charge in [-0.2, -0.15) is 0 Å². The van der Waals surface area contributed by atoms with E-state index in [1.165, 1.54) is 64.2 Å². The summed E-state index contributed by atoms with van der Waals surface area (Å²) in [5.41, 5.74) is 0. The van der Waals surface area contributed by atoms with Crippen LogP contribution in [0.15, 0.2) is 134 Å². The molecule has 0 aromatic rings. The normalized spacial score (nSPS) is 13.7. The third-order valence-electron chi connectivity index (χ3n) is 12.4. The largest absolute Gasteiger partial charge is 0.545 e. The quantitative estimate of drug-likeness (QED) is 0.0195. The van der Waals surface area contributed by atoms with E-state index in [0.717, 1.165) is 122 Å². The average Bonchev–Trinajstić information content (AvgIpc) is 3.40. The van der Waals surface area contributed by atoms with Crippen molar-refractivity contribution in [2.75, 3.05) is 47.5 Å². The summed E-state index contributed by atoms with van der Waals surface area (Å²) in [4.78, 5) is 37.4. The van der Waals surface area contributed by atoms with Crippen LogP contribution in [0.5, 0.6) is 0 Å². The number of rotatable bonds is 54. The van der Waals surface area contributed by atoms with Crippen molar-refractivity contribution < 1.29 is 42.9 Å². The van der Waals surface area contributed by atoms with Gasteiger partial charge < -0.3 is 33.3 Å². The summed E-state index contributed by atoms with van der Waals surface area (Å²) >= 11 is 0. The maximum atomic E-state index is 12.9. The molecule has 0 N–H and O–H groups in total. The lowest BCUT2D eigenvalue weighted by Gasteiger charge is -2.26. The minimum atomic E-state index is -1.64. The number of esters is 2. The molecule has 0 radical (unpaired) electrons. The fourth-order valence-corrected chi connectivity index (χ4v) is 7.80. The number of carbonyl (C=O) groups is 3. The molecular weight excluding hydrogens is 959 g/mol. The van der Waals surface area contributed by atoms with Gasteiger partial charge in [0.1, 0.15) is 13.2 Å². The molecule has 2 unspecified atom stereocenters. The average molecular weight is 1070 g/mol. The lowest BCUT2D eigenvalue weighted by molar-refractivity contribution is -0.870. The van der Waals surface area contributed by atoms with Crippen LogP contribution in [0.3, 0.4) is 0 Å². The highest BCUT2D eigenvalue weighted by Crippen LogP contribution is 2.15. The zero-order valence-corrected chi connectivity index (χ0v) is 49.5. The van der Waals surface area contributed by atoms with Gasteiger partial charge in [0.05, 0.1) is 40.3 Å². The molecule has 9 heteroatoms. The number of quaternary nitrogens is 1. The molecule has 0 rings (SSSR count). The van der Waals surface area contributed by atoms with Crippen molar-refractivity contribution in [2.45, 2.75) is 232 Å². The number of hydrogen-bond donors (Lipinski definition) is 0. The molecule has 0 aliphatic heterocycles. The van der Waals surface area contributed by atoms with Crippen LogP contribution < -0.4 is 5.11 Å². The maximum Gasteiger partial charge on any atom is 0.306 e. The number of carboxylic acids is 1. The Morgan fingerprint density at radius 3 is 1.04 bits per heavy atom. The Hall–Kier alpha value is -4.57. The van der Waals surface area contributed by atoms with Crippen LogP contribution in [0.2, 0.25) is 0 Å². The van der Waals surface area contributed by atoms with E-state index >= 15 is 0 Å². The van der Waals surface area contributed by atoms with Gasteiger partial charge in [0.25, 0.3) is 0 Å². The Labute approximate surface area is 471 Å². The Kier molecular flexibility index (Phi) is 54.2. The summed E-state index contributed by atoms with van der Waals surface area (Å²) in [5.74, 6) is -2.33. The van der Waals surface area contributed by atoms with Crippen LogP contribution in [0.25, 0.3) is 0 Å². The molecule has 0 amide bonds. The Bertz CT molecular complexity index is 1720. The number of likely N-dealkylation sites (N-methyl/N-ethyl adjacent to an activating group) is 1. The lowest BCUT2D eigenvalue weighted by atomic mass is 10.0. The predicted molar refractivity (Wildman–Crippen MR) is 324 cm³/mol. The van der Waals surface area contributed by atoms with Gasteiger partial charge in [0.15, 0.2) is 12.4 Å². The van der Waals surface area contributed by atoms with E-state index in [1.807, 2.05) is 21.1 Å². The van der Waals surface area contributed by atoms with E-state index in [-0.39, 0.29) is 38.6 Å². The Morgan fingerprint density at radius 2 is 0.701 bits per heavy atom. The van der Waals surface area contributed by atoms with E-state index in [0.29, 0.717) is 17.4 Å². The summed E-state index contributed by atoms with van der Waals surface area (Å²) in [6.07, 6.45) is 79.2. The maximum absolute atomic E-state index is 12.9. The van der Waals surface area contributed by atoms with Gasteiger partial charge >= 0.3 is 11.9 Å². The number of allylic oxidation sites excluding steroid dienone is 22. The summed E-state index contributed by atoms with van der Waals surface area (Å²) in [6, 6.07) is 0. The number of nitrogens with zero attached hydrogens (tertiary/aromatic N) is 1. The Balaban J connectivity index is 4.31. The molecule has 9 nitrogen and oxygen atoms in total. The molecular formula is C68H111NO8. The SMILES string of the molecule is CC/C=C\C/C=C\C/C=C\C/C=C\C/C=C\C/C=C\C/C=C\CCCCCCCC(=O)OC(COC(=O)CCCCCCCCCCCCCC/C=C\C/C=C\C/C=C\C/C=C\CC)COC(OCC[N+](C)(C)C)C(=O)[O-]. The predicted octanol–water partition coefficient (Wildman–Crippen LogP) is 16.9. The molecule has 0 aliphatic rings. The molecule has 0 aliphatic carbocycles. The van der Waals surface area contributed by atoms with E-state index in [9.17, 15) is 19.5 Å². The first-order valence-electron chi connectivity index (χ1n) is 30.3. The van der Waals surface area contributed by atoms with Crippen molar-refractivity contribution in [3.05, 3.63) is 134 Å². The van der Waals surface area contributed by atoms with Gasteiger partial charge in [-0.3, -0.25) is 9.59 Å². The molecule has 2 atom stereocenters. The first kappa shape index (κ1) is 72.4. The van der Waals surface area contributed by atoms with Crippen LogP contribution in [0.4, 0.5) is 0 Å². The number of unbranched alkanes of at least 4 members (excludes halogenated alkanes) is 17. The van der Waals surface area contributed by atoms with E-state index in [1.54, 1.807) is 0 Å². The molecule has 0 fully saturated rings. The summed E-state index contributed by atoms with van der Waals surface area (Å²) in [6.45, 7) is 4.48. The van der Waals surface area contributed by atoms with Crippen LogP contribution in [0.1, 0.15) is 219 Å². The second-order valence-corrected chi connectivity index (χ2v) is 20.9. The molecule has 0 bridgehead atoms.